The summed E-state index contributed by atoms with van der Waals surface area (Å²) in [6.07, 6.45) is 0. The van der Waals surface area contributed by atoms with Gasteiger partial charge in [0.25, 0.3) is 0 Å². The molecular formula is C22H21FOSi. The summed E-state index contributed by atoms with van der Waals surface area (Å²) >= 11 is 0. The second-order valence-electron chi connectivity index (χ2n) is 7.59. The van der Waals surface area contributed by atoms with Gasteiger partial charge >= 0.3 is 8.32 Å². The summed E-state index contributed by atoms with van der Waals surface area (Å²) in [4.78, 5) is 0. The average Bonchev–Trinajstić information content (AvgIpc) is 2.60. The van der Waals surface area contributed by atoms with Crippen LogP contribution < -0.4 is 14.8 Å². The van der Waals surface area contributed by atoms with E-state index in [1.54, 1.807) is 12.1 Å². The average molecular weight is 348 g/mol. The van der Waals surface area contributed by atoms with Crippen LogP contribution in [0.3, 0.4) is 0 Å². The van der Waals surface area contributed by atoms with E-state index in [0.29, 0.717) is 0 Å². The molecule has 0 saturated carbocycles. The molecule has 3 aromatic carbocycles. The standard InChI is InChI=1S/C22H21FOSi/c1-22(2,3)25(17-9-5-4-6-10-17)21-15-16(23)13-14-19(21)18-11-7-8-12-20(18)24-25/h4-15H,1-3H3/t25-/m1/s1. The minimum Gasteiger partial charge on any atom is -0.534 e. The Labute approximate surface area is 149 Å². The van der Waals surface area contributed by atoms with Crippen LogP contribution in [0.25, 0.3) is 11.1 Å². The summed E-state index contributed by atoms with van der Waals surface area (Å²) in [5.41, 5.74) is 2.13. The predicted molar refractivity (Wildman–Crippen MR) is 104 cm³/mol. The Morgan fingerprint density at radius 3 is 2.20 bits per heavy atom. The van der Waals surface area contributed by atoms with Crippen LogP contribution in [0.15, 0.2) is 72.8 Å². The van der Waals surface area contributed by atoms with Crippen molar-refractivity contribution >= 4 is 18.7 Å². The Morgan fingerprint density at radius 1 is 0.800 bits per heavy atom. The number of rotatable bonds is 1. The molecule has 0 aliphatic carbocycles. The van der Waals surface area contributed by atoms with Crippen LogP contribution in [-0.2, 0) is 0 Å². The summed E-state index contributed by atoms with van der Waals surface area (Å²) in [6, 6.07) is 23.6. The highest BCUT2D eigenvalue weighted by Crippen LogP contribution is 2.44. The zero-order valence-electron chi connectivity index (χ0n) is 14.7. The second kappa shape index (κ2) is 5.56. The third-order valence-corrected chi connectivity index (χ3v) is 9.99. The Bertz CT molecular complexity index is 930. The maximum absolute atomic E-state index is 14.3. The molecular weight excluding hydrogens is 327 g/mol. The lowest BCUT2D eigenvalue weighted by atomic mass is 10.0. The van der Waals surface area contributed by atoms with Crippen LogP contribution in [0, 0.1) is 5.82 Å². The molecule has 25 heavy (non-hydrogen) atoms. The first-order chi connectivity index (χ1) is 11.9. The molecule has 3 aromatic rings. The number of fused-ring (bicyclic) bond motifs is 3. The van der Waals surface area contributed by atoms with Gasteiger partial charge in [0.15, 0.2) is 0 Å². The fourth-order valence-corrected chi connectivity index (χ4v) is 8.55. The third kappa shape index (κ3) is 2.34. The Hall–Kier alpha value is -2.39. The zero-order chi connectivity index (χ0) is 17.7. The van der Waals surface area contributed by atoms with E-state index in [-0.39, 0.29) is 10.9 Å². The van der Waals surface area contributed by atoms with Gasteiger partial charge in [-0.05, 0) is 39.2 Å². The molecule has 1 heterocycles. The normalized spacial score (nSPS) is 18.9. The first kappa shape index (κ1) is 16.1. The molecule has 0 N–H and O–H groups in total. The van der Waals surface area contributed by atoms with Crippen molar-refractivity contribution in [1.82, 2.24) is 0 Å². The maximum atomic E-state index is 14.3. The van der Waals surface area contributed by atoms with Crippen molar-refractivity contribution < 1.29 is 8.82 Å². The van der Waals surface area contributed by atoms with Crippen molar-refractivity contribution in [1.29, 1.82) is 0 Å². The Kier molecular flexibility index (Phi) is 3.58. The van der Waals surface area contributed by atoms with Crippen molar-refractivity contribution in [3.63, 3.8) is 0 Å². The van der Waals surface area contributed by atoms with Gasteiger partial charge in [-0.2, -0.15) is 0 Å². The van der Waals surface area contributed by atoms with Crippen molar-refractivity contribution in [2.75, 3.05) is 0 Å². The van der Waals surface area contributed by atoms with E-state index in [2.05, 4.69) is 39.0 Å². The summed E-state index contributed by atoms with van der Waals surface area (Å²) < 4.78 is 21.1. The number of para-hydroxylation sites is 1. The van der Waals surface area contributed by atoms with E-state index < -0.39 is 8.32 Å². The molecule has 0 amide bonds. The highest BCUT2D eigenvalue weighted by Gasteiger charge is 2.55. The van der Waals surface area contributed by atoms with Gasteiger partial charge in [0.05, 0.1) is 0 Å². The van der Waals surface area contributed by atoms with Gasteiger partial charge in [-0.3, -0.25) is 0 Å². The van der Waals surface area contributed by atoms with Crippen LogP contribution in [0.1, 0.15) is 20.8 Å². The molecule has 1 atom stereocenters. The summed E-state index contributed by atoms with van der Waals surface area (Å²) in [5.74, 6) is 0.686. The highest BCUT2D eigenvalue weighted by molar-refractivity contribution is 7.01. The maximum Gasteiger partial charge on any atom is 0.320 e. The lowest BCUT2D eigenvalue weighted by molar-refractivity contribution is 0.505. The molecule has 4 rings (SSSR count). The topological polar surface area (TPSA) is 9.23 Å². The van der Waals surface area contributed by atoms with E-state index in [1.165, 1.54) is 5.19 Å². The molecule has 0 radical (unpaired) electrons. The number of hydrogen-bond acceptors (Lipinski definition) is 1. The fraction of sp³-hybridized carbons (Fsp3) is 0.182. The molecule has 0 aromatic heterocycles. The number of halogens is 1. The largest absolute Gasteiger partial charge is 0.534 e. The van der Waals surface area contributed by atoms with Crippen molar-refractivity contribution in [2.45, 2.75) is 25.8 Å². The van der Waals surface area contributed by atoms with Gasteiger partial charge in [-0.1, -0.05) is 75.4 Å². The molecule has 1 aliphatic rings. The number of hydrogen-bond donors (Lipinski definition) is 0. The van der Waals surface area contributed by atoms with Gasteiger partial charge in [0, 0.05) is 5.56 Å². The van der Waals surface area contributed by atoms with E-state index in [1.807, 2.05) is 42.5 Å². The first-order valence-corrected chi connectivity index (χ1v) is 10.5. The van der Waals surface area contributed by atoms with E-state index >= 15 is 0 Å². The van der Waals surface area contributed by atoms with E-state index in [9.17, 15) is 4.39 Å². The van der Waals surface area contributed by atoms with Crippen molar-refractivity contribution in [3.8, 4) is 16.9 Å². The second-order valence-corrected chi connectivity index (χ2v) is 11.8. The van der Waals surface area contributed by atoms with Gasteiger partial charge in [-0.15, -0.1) is 0 Å². The zero-order valence-corrected chi connectivity index (χ0v) is 15.7. The molecule has 0 spiro atoms. The van der Waals surface area contributed by atoms with Crippen LogP contribution in [0.2, 0.25) is 5.04 Å². The van der Waals surface area contributed by atoms with Crippen LogP contribution in [-0.4, -0.2) is 8.32 Å². The quantitative estimate of drug-likeness (QED) is 0.577. The third-order valence-electron chi connectivity index (χ3n) is 5.04. The molecule has 1 nitrogen and oxygen atoms in total. The Morgan fingerprint density at radius 2 is 1.48 bits per heavy atom. The Balaban J connectivity index is 2.12. The molecule has 0 unspecified atom stereocenters. The SMILES string of the molecule is CC(C)(C)[Si@]1(c2ccccc2)Oc2ccccc2-c2ccc(F)cc21. The van der Waals surface area contributed by atoms with Crippen molar-refractivity contribution in [2.24, 2.45) is 0 Å². The van der Waals surface area contributed by atoms with E-state index in [0.717, 1.165) is 22.1 Å². The lowest BCUT2D eigenvalue weighted by Gasteiger charge is -2.46. The smallest absolute Gasteiger partial charge is 0.320 e. The molecule has 0 saturated heterocycles. The predicted octanol–water partition coefficient (Wildman–Crippen LogP) is 4.74. The minimum atomic E-state index is -2.70. The molecule has 126 valence electrons. The van der Waals surface area contributed by atoms with Gasteiger partial charge < -0.3 is 4.43 Å². The van der Waals surface area contributed by atoms with Gasteiger partial charge in [-0.25, -0.2) is 4.39 Å². The van der Waals surface area contributed by atoms with Crippen LogP contribution >= 0.6 is 0 Å². The van der Waals surface area contributed by atoms with Gasteiger partial charge in [0.2, 0.25) is 0 Å². The van der Waals surface area contributed by atoms with Crippen molar-refractivity contribution in [3.05, 3.63) is 78.6 Å². The monoisotopic (exact) mass is 348 g/mol. The molecule has 3 heteroatoms. The summed E-state index contributed by atoms with van der Waals surface area (Å²) in [7, 11) is -2.70. The first-order valence-electron chi connectivity index (χ1n) is 8.57. The number of benzene rings is 3. The van der Waals surface area contributed by atoms with E-state index in [4.69, 9.17) is 4.43 Å². The highest BCUT2D eigenvalue weighted by atomic mass is 28.4. The van der Waals surface area contributed by atoms with Gasteiger partial charge in [0.1, 0.15) is 11.6 Å². The van der Waals surface area contributed by atoms with Crippen LogP contribution in [0.4, 0.5) is 4.39 Å². The summed E-state index contributed by atoms with van der Waals surface area (Å²) in [6.45, 7) is 6.61. The molecule has 1 aliphatic heterocycles. The lowest BCUT2D eigenvalue weighted by Crippen LogP contribution is -2.70. The molecule has 0 bridgehead atoms. The van der Waals surface area contributed by atoms with Crippen LogP contribution in [0.5, 0.6) is 5.75 Å². The fourth-order valence-electron chi connectivity index (χ4n) is 3.92. The molecule has 0 fully saturated rings. The summed E-state index contributed by atoms with van der Waals surface area (Å²) in [5, 5.41) is 2.04. The minimum absolute atomic E-state index is 0.148.